The molecule has 1 nitrogen and oxygen atoms in total. The van der Waals surface area contributed by atoms with Gasteiger partial charge in [0.15, 0.2) is 23.2 Å². The molecule has 3 aromatic carbocycles. The molecule has 0 N–H and O–H groups in total. The highest BCUT2D eigenvalue weighted by Gasteiger charge is 2.11. The smallest absolute Gasteiger partial charge is 0.194 e. The predicted octanol–water partition coefficient (Wildman–Crippen LogP) is 6.64. The minimum absolute atomic E-state index is 0.243. The Bertz CT molecular complexity index is 886. The van der Waals surface area contributed by atoms with Gasteiger partial charge < -0.3 is 0 Å². The number of rotatable bonds is 3. The third-order valence-electron chi connectivity index (χ3n) is 3.59. The number of benzene rings is 3. The molecule has 7 heteroatoms. The summed E-state index contributed by atoms with van der Waals surface area (Å²) in [5.74, 6) is -5.57. The van der Waals surface area contributed by atoms with Crippen LogP contribution in [0.4, 0.5) is 26.5 Å². The monoisotopic (exact) mass is 384 g/mol. The summed E-state index contributed by atoms with van der Waals surface area (Å²) in [4.78, 5) is 2.98. The summed E-state index contributed by atoms with van der Waals surface area (Å²) in [7, 11) is 0. The molecule has 0 atom stereocenters. The molecule has 27 heavy (non-hydrogen) atoms. The van der Waals surface area contributed by atoms with Crippen LogP contribution in [0.25, 0.3) is 11.1 Å². The minimum atomic E-state index is -1.65. The van der Waals surface area contributed by atoms with E-state index in [0.717, 1.165) is 11.1 Å². The van der Waals surface area contributed by atoms with Gasteiger partial charge in [0.25, 0.3) is 0 Å². The van der Waals surface area contributed by atoms with Crippen LogP contribution < -0.4 is 4.94 Å². The first-order valence-electron chi connectivity index (χ1n) is 7.70. The Kier molecular flexibility index (Phi) is 6.87. The number of alkyl halides is 1. The van der Waals surface area contributed by atoms with Gasteiger partial charge in [0.05, 0.1) is 0 Å². The molecule has 0 bridgehead atoms. The Hall–Kier alpha value is -2.96. The third kappa shape index (κ3) is 5.26. The molecule has 0 fully saturated rings. The molecule has 0 saturated heterocycles. The zero-order valence-electron chi connectivity index (χ0n) is 14.1. The van der Waals surface area contributed by atoms with E-state index in [1.54, 1.807) is 30.3 Å². The summed E-state index contributed by atoms with van der Waals surface area (Å²) in [6, 6.07) is 12.7. The quantitative estimate of drug-likeness (QED) is 0.363. The summed E-state index contributed by atoms with van der Waals surface area (Å²) in [5, 5.41) is 0. The van der Waals surface area contributed by atoms with E-state index in [0.29, 0.717) is 23.3 Å². The van der Waals surface area contributed by atoms with Crippen molar-refractivity contribution in [1.29, 1.82) is 0 Å². The van der Waals surface area contributed by atoms with Crippen LogP contribution in [0.1, 0.15) is 11.1 Å². The molecule has 0 unspecified atom stereocenters. The van der Waals surface area contributed by atoms with Gasteiger partial charge in [-0.3, -0.25) is 4.94 Å². The van der Waals surface area contributed by atoms with Crippen LogP contribution in [0.5, 0.6) is 5.75 Å². The van der Waals surface area contributed by atoms with Crippen molar-refractivity contribution in [3.05, 3.63) is 89.0 Å². The van der Waals surface area contributed by atoms with Crippen molar-refractivity contribution in [1.82, 2.24) is 0 Å². The second kappa shape index (κ2) is 9.12. The Balaban J connectivity index is 0.000000208. The Morgan fingerprint density at radius 2 is 1.37 bits per heavy atom. The van der Waals surface area contributed by atoms with Crippen molar-refractivity contribution in [2.45, 2.75) is 13.6 Å². The molecule has 3 rings (SSSR count). The van der Waals surface area contributed by atoms with Crippen molar-refractivity contribution < 1.29 is 31.4 Å². The number of aryl methyl sites for hydroxylation is 1. The third-order valence-corrected chi connectivity index (χ3v) is 3.59. The van der Waals surface area contributed by atoms with Crippen molar-refractivity contribution in [3.8, 4) is 16.9 Å². The summed E-state index contributed by atoms with van der Waals surface area (Å²) >= 11 is 0. The first kappa shape index (κ1) is 20.4. The highest BCUT2D eigenvalue weighted by Crippen LogP contribution is 2.24. The van der Waals surface area contributed by atoms with E-state index in [1.165, 1.54) is 6.07 Å². The van der Waals surface area contributed by atoms with Gasteiger partial charge in [0.2, 0.25) is 0 Å². The van der Waals surface area contributed by atoms with E-state index in [-0.39, 0.29) is 5.82 Å². The van der Waals surface area contributed by atoms with E-state index in [9.17, 15) is 26.5 Å². The van der Waals surface area contributed by atoms with E-state index in [2.05, 4.69) is 4.94 Å². The molecular formula is C20H14F6O. The summed E-state index contributed by atoms with van der Waals surface area (Å²) in [6.45, 7) is 1.36. The second-order valence-corrected chi connectivity index (χ2v) is 5.59. The first-order valence-corrected chi connectivity index (χ1v) is 7.70. The lowest BCUT2D eigenvalue weighted by atomic mass is 10.0. The van der Waals surface area contributed by atoms with Gasteiger partial charge in [0, 0.05) is 22.2 Å². The molecule has 3 aromatic rings. The van der Waals surface area contributed by atoms with Crippen LogP contribution in [-0.2, 0) is 6.67 Å². The van der Waals surface area contributed by atoms with Gasteiger partial charge in [-0.2, -0.15) is 0 Å². The Morgan fingerprint density at radius 3 is 1.85 bits per heavy atom. The van der Waals surface area contributed by atoms with Gasteiger partial charge in [0.1, 0.15) is 12.5 Å². The maximum absolute atomic E-state index is 13.6. The lowest BCUT2D eigenvalue weighted by Gasteiger charge is -2.05. The number of hydrogen-bond donors (Lipinski definition) is 0. The van der Waals surface area contributed by atoms with Gasteiger partial charge in [-0.1, -0.05) is 36.4 Å². The molecule has 0 heterocycles. The fraction of sp³-hybridized carbons (Fsp3) is 0.100. The van der Waals surface area contributed by atoms with Crippen molar-refractivity contribution in [2.75, 3.05) is 0 Å². The fourth-order valence-corrected chi connectivity index (χ4v) is 2.20. The molecule has 0 saturated carbocycles. The second-order valence-electron chi connectivity index (χ2n) is 5.59. The largest absolute Gasteiger partial charge is 0.294 e. The van der Waals surface area contributed by atoms with E-state index in [4.69, 9.17) is 0 Å². The molecule has 0 aliphatic heterocycles. The van der Waals surface area contributed by atoms with Gasteiger partial charge >= 0.3 is 0 Å². The van der Waals surface area contributed by atoms with Crippen molar-refractivity contribution in [2.24, 2.45) is 0 Å². The van der Waals surface area contributed by atoms with E-state index in [1.807, 2.05) is 13.0 Å². The summed E-state index contributed by atoms with van der Waals surface area (Å²) in [6.07, 6.45) is 0. The number of halogens is 6. The molecule has 0 spiro atoms. The molecule has 142 valence electrons. The maximum atomic E-state index is 13.6. The van der Waals surface area contributed by atoms with Gasteiger partial charge in [-0.25, -0.2) is 22.0 Å². The standard InChI is InChI=1S/C14H12F2.C6H2F4O/c1-10-2-7-13(14(16)8-10)12-5-3-11(9-15)4-6-12;7-4-1-3(11-10)2-5(8)6(4)9/h2-8H,9H2,1H3;1-2H. The van der Waals surface area contributed by atoms with Crippen LogP contribution in [-0.4, -0.2) is 0 Å². The molecule has 0 aliphatic rings. The van der Waals surface area contributed by atoms with Crippen LogP contribution in [0.2, 0.25) is 0 Å². The lowest BCUT2D eigenvalue weighted by molar-refractivity contribution is -0.00711. The highest BCUT2D eigenvalue weighted by atomic mass is 19.3. The molecular weight excluding hydrogens is 370 g/mol. The highest BCUT2D eigenvalue weighted by molar-refractivity contribution is 5.64. The molecule has 0 aliphatic carbocycles. The zero-order chi connectivity index (χ0) is 20.0. The minimum Gasteiger partial charge on any atom is -0.294 e. The van der Waals surface area contributed by atoms with E-state index < -0.39 is 29.9 Å². The maximum Gasteiger partial charge on any atom is 0.194 e. The van der Waals surface area contributed by atoms with E-state index >= 15 is 0 Å². The lowest BCUT2D eigenvalue weighted by Crippen LogP contribution is -1.90. The topological polar surface area (TPSA) is 9.23 Å². The Labute approximate surface area is 151 Å². The average Bonchev–Trinajstić information content (AvgIpc) is 2.66. The summed E-state index contributed by atoms with van der Waals surface area (Å²) in [5.41, 5.74) is 2.82. The van der Waals surface area contributed by atoms with Crippen molar-refractivity contribution in [3.63, 3.8) is 0 Å². The fourth-order valence-electron chi connectivity index (χ4n) is 2.20. The SMILES string of the molecule is Cc1ccc(-c2ccc(CF)cc2)c(F)c1.FOc1cc(F)c(F)c(F)c1. The summed E-state index contributed by atoms with van der Waals surface area (Å²) < 4.78 is 73.7. The molecule has 0 amide bonds. The van der Waals surface area contributed by atoms with Crippen LogP contribution in [0.15, 0.2) is 54.6 Å². The molecule has 0 aromatic heterocycles. The normalized spacial score (nSPS) is 10.2. The Morgan fingerprint density at radius 1 is 0.778 bits per heavy atom. The molecule has 0 radical (unpaired) electrons. The van der Waals surface area contributed by atoms with Crippen LogP contribution >= 0.6 is 0 Å². The zero-order valence-corrected chi connectivity index (χ0v) is 14.1. The van der Waals surface area contributed by atoms with Gasteiger partial charge in [-0.05, 0) is 29.7 Å². The van der Waals surface area contributed by atoms with Crippen LogP contribution in [0.3, 0.4) is 0 Å². The van der Waals surface area contributed by atoms with Crippen LogP contribution in [0, 0.1) is 30.2 Å². The predicted molar refractivity (Wildman–Crippen MR) is 89.4 cm³/mol. The average molecular weight is 384 g/mol. The first-order chi connectivity index (χ1) is 12.8. The number of hydrogen-bond acceptors (Lipinski definition) is 1. The van der Waals surface area contributed by atoms with Gasteiger partial charge in [-0.15, -0.1) is 0 Å². The van der Waals surface area contributed by atoms with Crippen molar-refractivity contribution >= 4 is 0 Å².